The molecule has 2 N–H and O–H groups in total. The lowest BCUT2D eigenvalue weighted by Gasteiger charge is -2.27. The Kier molecular flexibility index (Phi) is 4.50. The molecule has 2 aliphatic heterocycles. The van der Waals surface area contributed by atoms with Gasteiger partial charge in [0.2, 0.25) is 5.91 Å². The number of amides is 1. The first-order valence-corrected chi connectivity index (χ1v) is 7.54. The molecule has 0 aromatic heterocycles. The van der Waals surface area contributed by atoms with Gasteiger partial charge in [-0.25, -0.2) is 4.79 Å². The maximum Gasteiger partial charge on any atom is 0.327 e. The summed E-state index contributed by atoms with van der Waals surface area (Å²) < 4.78 is 0. The van der Waals surface area contributed by atoms with E-state index in [1.807, 2.05) is 6.92 Å². The van der Waals surface area contributed by atoms with Crippen LogP contribution in [0.2, 0.25) is 0 Å². The second-order valence-electron chi connectivity index (χ2n) is 4.91. The molecular formula is C12H20N2O3S. The molecule has 0 aliphatic carbocycles. The van der Waals surface area contributed by atoms with Crippen LogP contribution < -0.4 is 5.32 Å². The van der Waals surface area contributed by atoms with Gasteiger partial charge in [0.25, 0.3) is 0 Å². The van der Waals surface area contributed by atoms with Crippen LogP contribution in [0.5, 0.6) is 0 Å². The van der Waals surface area contributed by atoms with E-state index in [0.717, 1.165) is 25.9 Å². The second-order valence-corrected chi connectivity index (χ2v) is 6.13. The fourth-order valence-corrected chi connectivity index (χ4v) is 4.01. The quantitative estimate of drug-likeness (QED) is 0.790. The van der Waals surface area contributed by atoms with Gasteiger partial charge in [-0.05, 0) is 31.8 Å². The molecule has 2 aliphatic rings. The molecule has 0 spiro atoms. The largest absolute Gasteiger partial charge is 0.480 e. The summed E-state index contributed by atoms with van der Waals surface area (Å²) in [6.45, 7) is 3.84. The first-order chi connectivity index (χ1) is 8.63. The first kappa shape index (κ1) is 13.7. The average molecular weight is 272 g/mol. The summed E-state index contributed by atoms with van der Waals surface area (Å²) in [5.74, 6) is 0.0158. The SMILES string of the molecule is CCC1SCC(C(=O)O)N1C(=O)CC1CCNC1. The molecule has 6 heteroatoms. The number of carbonyl (C=O) groups excluding carboxylic acids is 1. The van der Waals surface area contributed by atoms with Gasteiger partial charge in [-0.2, -0.15) is 0 Å². The number of aliphatic carboxylic acids is 1. The number of carbonyl (C=O) groups is 2. The number of hydrogen-bond donors (Lipinski definition) is 2. The van der Waals surface area contributed by atoms with Gasteiger partial charge in [0.15, 0.2) is 0 Å². The fourth-order valence-electron chi connectivity index (χ4n) is 2.64. The van der Waals surface area contributed by atoms with Crippen LogP contribution >= 0.6 is 11.8 Å². The van der Waals surface area contributed by atoms with Gasteiger partial charge in [-0.15, -0.1) is 11.8 Å². The Morgan fingerprint density at radius 3 is 2.83 bits per heavy atom. The van der Waals surface area contributed by atoms with Gasteiger partial charge < -0.3 is 15.3 Å². The molecule has 102 valence electrons. The van der Waals surface area contributed by atoms with Crippen molar-refractivity contribution in [3.8, 4) is 0 Å². The molecule has 2 rings (SSSR count). The van der Waals surface area contributed by atoms with Crippen LogP contribution in [0.25, 0.3) is 0 Å². The van der Waals surface area contributed by atoms with E-state index in [9.17, 15) is 14.7 Å². The van der Waals surface area contributed by atoms with Gasteiger partial charge in [-0.1, -0.05) is 6.92 Å². The van der Waals surface area contributed by atoms with Crippen LogP contribution in [0.15, 0.2) is 0 Å². The van der Waals surface area contributed by atoms with Crippen molar-refractivity contribution >= 4 is 23.6 Å². The van der Waals surface area contributed by atoms with Crippen molar-refractivity contribution in [1.29, 1.82) is 0 Å². The molecule has 18 heavy (non-hydrogen) atoms. The van der Waals surface area contributed by atoms with Crippen molar-refractivity contribution in [2.45, 2.75) is 37.6 Å². The van der Waals surface area contributed by atoms with E-state index in [0.29, 0.717) is 18.1 Å². The van der Waals surface area contributed by atoms with Gasteiger partial charge in [0.1, 0.15) is 6.04 Å². The molecule has 2 heterocycles. The summed E-state index contributed by atoms with van der Waals surface area (Å²) >= 11 is 1.58. The highest BCUT2D eigenvalue weighted by molar-refractivity contribution is 8.00. The van der Waals surface area contributed by atoms with Crippen LogP contribution in [0.1, 0.15) is 26.2 Å². The molecule has 0 aromatic carbocycles. The van der Waals surface area contributed by atoms with Crippen LogP contribution in [-0.2, 0) is 9.59 Å². The maximum absolute atomic E-state index is 12.3. The minimum atomic E-state index is -0.878. The third-order valence-corrected chi connectivity index (χ3v) is 5.09. The van der Waals surface area contributed by atoms with Crippen molar-refractivity contribution < 1.29 is 14.7 Å². The highest BCUT2D eigenvalue weighted by Crippen LogP contribution is 2.32. The summed E-state index contributed by atoms with van der Waals surface area (Å²) in [6.07, 6.45) is 2.30. The smallest absolute Gasteiger partial charge is 0.327 e. The van der Waals surface area contributed by atoms with Gasteiger partial charge in [0, 0.05) is 12.2 Å². The molecule has 3 unspecified atom stereocenters. The molecule has 0 aromatic rings. The molecule has 2 saturated heterocycles. The summed E-state index contributed by atoms with van der Waals surface area (Å²) in [5, 5.41) is 12.5. The van der Waals surface area contributed by atoms with E-state index in [1.54, 1.807) is 16.7 Å². The number of hydrogen-bond acceptors (Lipinski definition) is 4. The molecule has 2 fully saturated rings. The zero-order chi connectivity index (χ0) is 13.1. The first-order valence-electron chi connectivity index (χ1n) is 6.49. The average Bonchev–Trinajstić information content (AvgIpc) is 2.95. The monoisotopic (exact) mass is 272 g/mol. The van der Waals surface area contributed by atoms with Crippen molar-refractivity contribution in [2.24, 2.45) is 5.92 Å². The predicted molar refractivity (Wildman–Crippen MR) is 70.4 cm³/mol. The van der Waals surface area contributed by atoms with Crippen molar-refractivity contribution in [3.63, 3.8) is 0 Å². The van der Waals surface area contributed by atoms with Crippen LogP contribution in [-0.4, -0.2) is 52.1 Å². The van der Waals surface area contributed by atoms with Crippen molar-refractivity contribution in [1.82, 2.24) is 10.2 Å². The molecule has 0 radical (unpaired) electrons. The summed E-state index contributed by atoms with van der Waals surface area (Å²) in [6, 6.07) is -0.637. The van der Waals surface area contributed by atoms with Crippen molar-refractivity contribution in [2.75, 3.05) is 18.8 Å². The van der Waals surface area contributed by atoms with Crippen LogP contribution in [0, 0.1) is 5.92 Å². The zero-order valence-corrected chi connectivity index (χ0v) is 11.4. The highest BCUT2D eigenvalue weighted by Gasteiger charge is 2.41. The lowest BCUT2D eigenvalue weighted by Crippen LogP contribution is -2.46. The van der Waals surface area contributed by atoms with Gasteiger partial charge in [0.05, 0.1) is 5.37 Å². The van der Waals surface area contributed by atoms with E-state index in [2.05, 4.69) is 5.32 Å². The minimum absolute atomic E-state index is 0.00736. The second kappa shape index (κ2) is 5.93. The maximum atomic E-state index is 12.3. The Hall–Kier alpha value is -0.750. The number of carboxylic acid groups (broad SMARTS) is 1. The molecule has 3 atom stereocenters. The molecule has 0 bridgehead atoms. The van der Waals surface area contributed by atoms with Crippen LogP contribution in [0.4, 0.5) is 0 Å². The number of nitrogens with zero attached hydrogens (tertiary/aromatic N) is 1. The zero-order valence-electron chi connectivity index (χ0n) is 10.6. The van der Waals surface area contributed by atoms with Gasteiger partial charge >= 0.3 is 5.97 Å². The molecule has 5 nitrogen and oxygen atoms in total. The lowest BCUT2D eigenvalue weighted by molar-refractivity contribution is -0.149. The summed E-state index contributed by atoms with van der Waals surface area (Å²) in [4.78, 5) is 25.1. The fraction of sp³-hybridized carbons (Fsp3) is 0.833. The molecule has 0 saturated carbocycles. The minimum Gasteiger partial charge on any atom is -0.480 e. The normalized spacial score (nSPS) is 31.8. The number of nitrogens with one attached hydrogen (secondary N) is 1. The highest BCUT2D eigenvalue weighted by atomic mass is 32.2. The van der Waals surface area contributed by atoms with E-state index in [1.165, 1.54) is 0 Å². The summed E-state index contributed by atoms with van der Waals surface area (Å²) in [5.41, 5.74) is 0. The number of carboxylic acids is 1. The number of rotatable bonds is 4. The Morgan fingerprint density at radius 1 is 1.50 bits per heavy atom. The number of thioether (sulfide) groups is 1. The topological polar surface area (TPSA) is 69.6 Å². The van der Waals surface area contributed by atoms with Gasteiger partial charge in [-0.3, -0.25) is 4.79 Å². The Labute approximate surface area is 111 Å². The van der Waals surface area contributed by atoms with E-state index < -0.39 is 12.0 Å². The van der Waals surface area contributed by atoms with Crippen molar-refractivity contribution in [3.05, 3.63) is 0 Å². The predicted octanol–water partition coefficient (Wildman–Crippen LogP) is 0.751. The molecule has 1 amide bonds. The Balaban J connectivity index is 2.01. The third kappa shape index (κ3) is 2.80. The van der Waals surface area contributed by atoms with E-state index in [-0.39, 0.29) is 11.3 Å². The lowest BCUT2D eigenvalue weighted by atomic mass is 10.0. The molecular weight excluding hydrogens is 252 g/mol. The summed E-state index contributed by atoms with van der Waals surface area (Å²) in [7, 11) is 0. The Bertz CT molecular complexity index is 331. The third-order valence-electron chi connectivity index (χ3n) is 3.64. The Morgan fingerprint density at radius 2 is 2.28 bits per heavy atom. The van der Waals surface area contributed by atoms with E-state index in [4.69, 9.17) is 0 Å². The van der Waals surface area contributed by atoms with Crippen LogP contribution in [0.3, 0.4) is 0 Å². The standard InChI is InChI=1S/C12H20N2O3S/c1-2-11-14(9(7-18-11)12(16)17)10(15)5-8-3-4-13-6-8/h8-9,11,13H,2-7H2,1H3,(H,16,17). The van der Waals surface area contributed by atoms with E-state index >= 15 is 0 Å².